The minimum Gasteiger partial charge on any atom is -0.550 e. The monoisotopic (exact) mass is 427 g/mol. The molecule has 1 atom stereocenters. The quantitative estimate of drug-likeness (QED) is 0.170. The first-order valence-corrected chi connectivity index (χ1v) is 13.1. The maximum atomic E-state index is 10.6. The van der Waals surface area contributed by atoms with Crippen LogP contribution in [0.2, 0.25) is 0 Å². The molecule has 1 unspecified atom stereocenters. The third-order valence-electron chi connectivity index (χ3n) is 6.27. The van der Waals surface area contributed by atoms with Crippen molar-refractivity contribution in [3.8, 4) is 0 Å². The SMILES string of the molecule is CCCCCCCCCCCCCCCCCCCC(O)C[N+](C)(C)CCC(=O)[O-]. The first kappa shape index (κ1) is 29.4. The number of rotatable bonds is 23. The van der Waals surface area contributed by atoms with Gasteiger partial charge in [-0.15, -0.1) is 0 Å². The van der Waals surface area contributed by atoms with Gasteiger partial charge < -0.3 is 19.5 Å². The molecule has 0 bridgehead atoms. The van der Waals surface area contributed by atoms with Crippen LogP contribution in [0.1, 0.15) is 129 Å². The average Bonchev–Trinajstić information content (AvgIpc) is 2.68. The van der Waals surface area contributed by atoms with Crippen LogP contribution in [-0.4, -0.2) is 48.8 Å². The molecule has 0 aromatic heterocycles. The van der Waals surface area contributed by atoms with Crippen LogP contribution in [0.3, 0.4) is 0 Å². The smallest absolute Gasteiger partial charge is 0.105 e. The number of aliphatic hydroxyl groups is 1. The van der Waals surface area contributed by atoms with Crippen molar-refractivity contribution in [3.05, 3.63) is 0 Å². The molecule has 0 heterocycles. The highest BCUT2D eigenvalue weighted by molar-refractivity contribution is 5.64. The van der Waals surface area contributed by atoms with E-state index in [2.05, 4.69) is 6.92 Å². The van der Waals surface area contributed by atoms with Crippen LogP contribution in [0.25, 0.3) is 0 Å². The van der Waals surface area contributed by atoms with Gasteiger partial charge in [0.05, 0.1) is 20.6 Å². The molecule has 4 heteroatoms. The van der Waals surface area contributed by atoms with Crippen LogP contribution in [0.5, 0.6) is 0 Å². The molecule has 180 valence electrons. The average molecular weight is 428 g/mol. The van der Waals surface area contributed by atoms with Gasteiger partial charge in [-0.1, -0.05) is 116 Å². The second-order valence-corrected chi connectivity index (χ2v) is 10.1. The second kappa shape index (κ2) is 20.3. The van der Waals surface area contributed by atoms with Crippen molar-refractivity contribution in [1.29, 1.82) is 0 Å². The van der Waals surface area contributed by atoms with Crippen molar-refractivity contribution in [2.75, 3.05) is 27.2 Å². The number of carbonyl (C=O) groups excluding carboxylic acids is 1. The van der Waals surface area contributed by atoms with Crippen molar-refractivity contribution >= 4 is 5.97 Å². The number of carbonyl (C=O) groups is 1. The summed E-state index contributed by atoms with van der Waals surface area (Å²) in [5.74, 6) is -1.01. The van der Waals surface area contributed by atoms with Gasteiger partial charge in [0.25, 0.3) is 0 Å². The van der Waals surface area contributed by atoms with E-state index < -0.39 is 5.97 Å². The molecule has 0 aliphatic carbocycles. The zero-order valence-electron chi connectivity index (χ0n) is 20.6. The predicted octanol–water partition coefficient (Wildman–Crippen LogP) is 5.61. The lowest BCUT2D eigenvalue weighted by Gasteiger charge is -2.32. The third kappa shape index (κ3) is 22.1. The Kier molecular flexibility index (Phi) is 19.9. The van der Waals surface area contributed by atoms with Gasteiger partial charge in [0, 0.05) is 12.4 Å². The second-order valence-electron chi connectivity index (χ2n) is 10.1. The van der Waals surface area contributed by atoms with Gasteiger partial charge in [-0.3, -0.25) is 0 Å². The summed E-state index contributed by atoms with van der Waals surface area (Å²) in [6.07, 6.45) is 23.7. The molecule has 0 fully saturated rings. The van der Waals surface area contributed by atoms with E-state index in [4.69, 9.17) is 0 Å². The molecule has 0 radical (unpaired) electrons. The van der Waals surface area contributed by atoms with E-state index in [1.807, 2.05) is 14.1 Å². The number of likely N-dealkylation sites (N-methyl/N-ethyl adjacent to an activating group) is 1. The lowest BCUT2D eigenvalue weighted by molar-refractivity contribution is -0.893. The van der Waals surface area contributed by atoms with E-state index >= 15 is 0 Å². The van der Waals surface area contributed by atoms with Crippen LogP contribution in [0, 0.1) is 0 Å². The Morgan fingerprint density at radius 1 is 0.733 bits per heavy atom. The number of carboxylic acid groups (broad SMARTS) is 1. The topological polar surface area (TPSA) is 60.4 Å². The van der Waals surface area contributed by atoms with E-state index in [0.29, 0.717) is 17.6 Å². The van der Waals surface area contributed by atoms with E-state index in [9.17, 15) is 15.0 Å². The van der Waals surface area contributed by atoms with Crippen LogP contribution < -0.4 is 5.11 Å². The number of aliphatic carboxylic acids is 1. The summed E-state index contributed by atoms with van der Waals surface area (Å²) in [6.45, 7) is 3.41. The number of nitrogens with zero attached hydrogens (tertiary/aromatic N) is 1. The highest BCUT2D eigenvalue weighted by Crippen LogP contribution is 2.15. The molecule has 4 nitrogen and oxygen atoms in total. The molecule has 0 aromatic rings. The highest BCUT2D eigenvalue weighted by Gasteiger charge is 2.19. The van der Waals surface area contributed by atoms with Crippen molar-refractivity contribution in [2.45, 2.75) is 135 Å². The van der Waals surface area contributed by atoms with Crippen LogP contribution in [-0.2, 0) is 4.79 Å². The van der Waals surface area contributed by atoms with Crippen LogP contribution in [0.4, 0.5) is 0 Å². The summed E-state index contributed by atoms with van der Waals surface area (Å²) in [5, 5.41) is 20.8. The molecule has 0 saturated carbocycles. The first-order valence-electron chi connectivity index (χ1n) is 13.1. The number of aliphatic hydroxyl groups excluding tert-OH is 1. The number of carboxylic acids is 1. The van der Waals surface area contributed by atoms with E-state index in [1.165, 1.54) is 103 Å². The summed E-state index contributed by atoms with van der Waals surface area (Å²) >= 11 is 0. The fourth-order valence-electron chi connectivity index (χ4n) is 4.25. The maximum Gasteiger partial charge on any atom is 0.105 e. The zero-order chi connectivity index (χ0) is 22.5. The minimum atomic E-state index is -1.01. The molecule has 0 aromatic carbocycles. The Hall–Kier alpha value is -0.610. The van der Waals surface area contributed by atoms with Crippen molar-refractivity contribution in [2.24, 2.45) is 0 Å². The molecule has 0 aliphatic heterocycles. The Morgan fingerprint density at radius 3 is 1.47 bits per heavy atom. The zero-order valence-corrected chi connectivity index (χ0v) is 20.6. The molecule has 0 amide bonds. The highest BCUT2D eigenvalue weighted by atomic mass is 16.4. The van der Waals surface area contributed by atoms with Gasteiger partial charge in [-0.25, -0.2) is 0 Å². The maximum absolute atomic E-state index is 10.6. The summed E-state index contributed by atoms with van der Waals surface area (Å²) in [4.78, 5) is 10.6. The summed E-state index contributed by atoms with van der Waals surface area (Å²) in [5.41, 5.74) is 0. The van der Waals surface area contributed by atoms with Gasteiger partial charge in [0.15, 0.2) is 0 Å². The summed E-state index contributed by atoms with van der Waals surface area (Å²) < 4.78 is 0.536. The number of unbranched alkanes of at least 4 members (excludes halogenated alkanes) is 16. The van der Waals surface area contributed by atoms with Gasteiger partial charge in [0.2, 0.25) is 0 Å². The van der Waals surface area contributed by atoms with Gasteiger partial charge in [-0.2, -0.15) is 0 Å². The van der Waals surface area contributed by atoms with Crippen LogP contribution >= 0.6 is 0 Å². The fourth-order valence-corrected chi connectivity index (χ4v) is 4.25. The minimum absolute atomic E-state index is 0.0544. The normalized spacial score (nSPS) is 12.9. The standard InChI is InChI=1S/C26H53NO3/c1-4-5-6-7-8-9-10-11-12-13-14-15-16-17-18-19-20-21-25(28)24-27(2,3)23-22-26(29)30/h25,28H,4-24H2,1-3H3. The van der Waals surface area contributed by atoms with Gasteiger partial charge in [0.1, 0.15) is 12.6 Å². The number of hydrogen-bond acceptors (Lipinski definition) is 3. The van der Waals surface area contributed by atoms with Crippen LogP contribution in [0.15, 0.2) is 0 Å². The van der Waals surface area contributed by atoms with Crippen molar-refractivity contribution in [1.82, 2.24) is 0 Å². The Labute approximate surface area is 188 Å². The third-order valence-corrected chi connectivity index (χ3v) is 6.27. The lowest BCUT2D eigenvalue weighted by Crippen LogP contribution is -2.47. The molecule has 0 aliphatic rings. The molecular weight excluding hydrogens is 374 g/mol. The number of hydrogen-bond donors (Lipinski definition) is 1. The number of quaternary nitrogens is 1. The molecule has 0 spiro atoms. The summed E-state index contributed by atoms with van der Waals surface area (Å²) in [7, 11) is 3.95. The Morgan fingerprint density at radius 2 is 1.10 bits per heavy atom. The molecular formula is C26H53NO3. The molecule has 0 saturated heterocycles. The largest absolute Gasteiger partial charge is 0.550 e. The molecule has 30 heavy (non-hydrogen) atoms. The fraction of sp³-hybridized carbons (Fsp3) is 0.962. The van der Waals surface area contributed by atoms with E-state index in [-0.39, 0.29) is 12.5 Å². The van der Waals surface area contributed by atoms with Gasteiger partial charge in [-0.05, 0) is 6.42 Å². The van der Waals surface area contributed by atoms with E-state index in [1.54, 1.807) is 0 Å². The molecule has 0 rings (SSSR count). The Bertz CT molecular complexity index is 384. The molecule has 1 N–H and O–H groups in total. The van der Waals surface area contributed by atoms with E-state index in [0.717, 1.165) is 12.8 Å². The predicted molar refractivity (Wildman–Crippen MR) is 126 cm³/mol. The summed E-state index contributed by atoms with van der Waals surface area (Å²) in [6, 6.07) is 0. The first-order chi connectivity index (χ1) is 14.4. The van der Waals surface area contributed by atoms with Crippen molar-refractivity contribution < 1.29 is 19.5 Å². The van der Waals surface area contributed by atoms with Crippen molar-refractivity contribution in [3.63, 3.8) is 0 Å². The van der Waals surface area contributed by atoms with Gasteiger partial charge >= 0.3 is 0 Å². The Balaban J connectivity index is 3.31. The lowest BCUT2D eigenvalue weighted by atomic mass is 10.0.